The molecule has 0 atom stereocenters. The predicted molar refractivity (Wildman–Crippen MR) is 54.3 cm³/mol. The van der Waals surface area contributed by atoms with Crippen LogP contribution >= 0.6 is 11.5 Å². The summed E-state index contributed by atoms with van der Waals surface area (Å²) in [4.78, 5) is 11.6. The lowest BCUT2D eigenvalue weighted by Gasteiger charge is -1.99. The molecule has 6 heteroatoms. The van der Waals surface area contributed by atoms with Crippen molar-refractivity contribution in [3.8, 4) is 0 Å². The lowest BCUT2D eigenvalue weighted by atomic mass is 10.1. The minimum atomic E-state index is -0.695. The quantitative estimate of drug-likeness (QED) is 0.773. The van der Waals surface area contributed by atoms with Gasteiger partial charge in [0.2, 0.25) is 0 Å². The molecule has 82 valence electrons. The number of aromatic nitrogens is 2. The Morgan fingerprint density at radius 2 is 1.94 bits per heavy atom. The van der Waals surface area contributed by atoms with Crippen LogP contribution in [0, 0.1) is 11.6 Å². The molecule has 0 spiro atoms. The molecule has 16 heavy (non-hydrogen) atoms. The first-order valence-electron chi connectivity index (χ1n) is 4.40. The Hall–Kier alpha value is -1.69. The van der Waals surface area contributed by atoms with Gasteiger partial charge in [0.05, 0.1) is 0 Å². The van der Waals surface area contributed by atoms with Gasteiger partial charge in [-0.2, -0.15) is 0 Å². The Kier molecular flexibility index (Phi) is 3.00. The van der Waals surface area contributed by atoms with Crippen molar-refractivity contribution in [2.75, 3.05) is 0 Å². The number of hydrogen-bond donors (Lipinski definition) is 0. The van der Waals surface area contributed by atoms with Crippen molar-refractivity contribution < 1.29 is 13.6 Å². The topological polar surface area (TPSA) is 42.9 Å². The summed E-state index contributed by atoms with van der Waals surface area (Å²) in [6.45, 7) is 0. The number of halogens is 2. The first-order chi connectivity index (χ1) is 7.65. The molecule has 0 amide bonds. The van der Waals surface area contributed by atoms with Crippen molar-refractivity contribution >= 4 is 17.3 Å². The van der Waals surface area contributed by atoms with Crippen LogP contribution in [0.4, 0.5) is 8.78 Å². The fourth-order valence-electron chi connectivity index (χ4n) is 1.28. The number of nitrogens with zero attached hydrogens (tertiary/aromatic N) is 2. The number of Topliss-reactive ketones (excluding diaryl/α,β-unsaturated/α-hetero) is 1. The Morgan fingerprint density at radius 1 is 1.25 bits per heavy atom. The molecule has 0 aliphatic carbocycles. The standard InChI is InChI=1S/C10H6F2N2OS/c11-7-1-6(2-8(12)4-7)3-10(15)9-5-16-14-13-9/h1-2,4-5H,3H2. The Balaban J connectivity index is 2.18. The third-order valence-electron chi connectivity index (χ3n) is 1.93. The van der Waals surface area contributed by atoms with Gasteiger partial charge in [-0.15, -0.1) is 5.10 Å². The van der Waals surface area contributed by atoms with Crippen molar-refractivity contribution in [1.82, 2.24) is 9.59 Å². The van der Waals surface area contributed by atoms with Gasteiger partial charge in [-0.1, -0.05) is 4.49 Å². The van der Waals surface area contributed by atoms with E-state index in [0.717, 1.165) is 29.7 Å². The lowest BCUT2D eigenvalue weighted by Crippen LogP contribution is -2.04. The number of benzene rings is 1. The van der Waals surface area contributed by atoms with Crippen LogP contribution in [0.1, 0.15) is 16.1 Å². The molecule has 0 radical (unpaired) electrons. The lowest BCUT2D eigenvalue weighted by molar-refractivity contribution is 0.0988. The van der Waals surface area contributed by atoms with Gasteiger partial charge in [0.1, 0.15) is 17.3 Å². The van der Waals surface area contributed by atoms with Crippen LogP contribution in [0.2, 0.25) is 0 Å². The highest BCUT2D eigenvalue weighted by atomic mass is 32.1. The molecule has 1 aromatic carbocycles. The van der Waals surface area contributed by atoms with Crippen LogP contribution in [0.15, 0.2) is 23.6 Å². The van der Waals surface area contributed by atoms with Gasteiger partial charge in [0.25, 0.3) is 0 Å². The highest BCUT2D eigenvalue weighted by Crippen LogP contribution is 2.11. The number of ketones is 1. The molecule has 2 rings (SSSR count). The third-order valence-corrected chi connectivity index (χ3v) is 2.44. The minimum Gasteiger partial charge on any atom is -0.292 e. The number of carbonyl (C=O) groups excluding carboxylic acids is 1. The van der Waals surface area contributed by atoms with E-state index in [1.54, 1.807) is 0 Å². The molecule has 0 saturated carbocycles. The van der Waals surface area contributed by atoms with Gasteiger partial charge in [0.15, 0.2) is 5.78 Å². The SMILES string of the molecule is O=C(Cc1cc(F)cc(F)c1)c1csnn1. The van der Waals surface area contributed by atoms with Crippen molar-refractivity contribution in [3.05, 3.63) is 46.5 Å². The van der Waals surface area contributed by atoms with E-state index >= 15 is 0 Å². The maximum atomic E-state index is 12.8. The third kappa shape index (κ3) is 2.46. The largest absolute Gasteiger partial charge is 0.292 e. The number of carbonyl (C=O) groups is 1. The summed E-state index contributed by atoms with van der Waals surface area (Å²) < 4.78 is 29.2. The second-order valence-electron chi connectivity index (χ2n) is 3.17. The molecule has 0 aliphatic rings. The zero-order valence-electron chi connectivity index (χ0n) is 7.98. The zero-order chi connectivity index (χ0) is 11.5. The van der Waals surface area contributed by atoms with Gasteiger partial charge in [-0.05, 0) is 29.2 Å². The molecule has 0 saturated heterocycles. The van der Waals surface area contributed by atoms with E-state index in [-0.39, 0.29) is 23.5 Å². The van der Waals surface area contributed by atoms with Crippen LogP contribution in [-0.4, -0.2) is 15.4 Å². The van der Waals surface area contributed by atoms with Crippen LogP contribution in [-0.2, 0) is 6.42 Å². The van der Waals surface area contributed by atoms with E-state index in [0.29, 0.717) is 0 Å². The molecule has 0 fully saturated rings. The molecule has 1 aromatic heterocycles. The average Bonchev–Trinajstić information content (AvgIpc) is 2.68. The van der Waals surface area contributed by atoms with Gasteiger partial charge in [-0.25, -0.2) is 8.78 Å². The summed E-state index contributed by atoms with van der Waals surface area (Å²) in [5.41, 5.74) is 0.505. The second kappa shape index (κ2) is 4.44. The molecule has 0 unspecified atom stereocenters. The number of hydrogen-bond acceptors (Lipinski definition) is 4. The van der Waals surface area contributed by atoms with Gasteiger partial charge in [0, 0.05) is 17.9 Å². The van der Waals surface area contributed by atoms with Crippen molar-refractivity contribution in [2.24, 2.45) is 0 Å². The highest BCUT2D eigenvalue weighted by molar-refractivity contribution is 7.03. The second-order valence-corrected chi connectivity index (χ2v) is 3.78. The summed E-state index contributed by atoms with van der Waals surface area (Å²) in [5.74, 6) is -1.70. The summed E-state index contributed by atoms with van der Waals surface area (Å²) in [5, 5.41) is 5.09. The average molecular weight is 240 g/mol. The molecule has 0 bridgehead atoms. The Labute approximate surface area is 93.9 Å². The van der Waals surface area contributed by atoms with Gasteiger partial charge < -0.3 is 0 Å². The predicted octanol–water partition coefficient (Wildman–Crippen LogP) is 2.24. The minimum absolute atomic E-state index is 0.0832. The monoisotopic (exact) mass is 240 g/mol. The summed E-state index contributed by atoms with van der Waals surface area (Å²) >= 11 is 1.05. The van der Waals surface area contributed by atoms with E-state index in [9.17, 15) is 13.6 Å². The Morgan fingerprint density at radius 3 is 2.50 bits per heavy atom. The maximum Gasteiger partial charge on any atom is 0.188 e. The fourth-order valence-corrected chi connectivity index (χ4v) is 1.74. The van der Waals surface area contributed by atoms with Crippen LogP contribution in [0.5, 0.6) is 0 Å². The molecule has 1 heterocycles. The van der Waals surface area contributed by atoms with Crippen molar-refractivity contribution in [2.45, 2.75) is 6.42 Å². The molecule has 0 N–H and O–H groups in total. The van der Waals surface area contributed by atoms with E-state index in [2.05, 4.69) is 9.59 Å². The normalized spacial score (nSPS) is 10.4. The van der Waals surface area contributed by atoms with E-state index < -0.39 is 11.6 Å². The molecular weight excluding hydrogens is 234 g/mol. The van der Waals surface area contributed by atoms with Crippen LogP contribution in [0.3, 0.4) is 0 Å². The maximum absolute atomic E-state index is 12.8. The molecule has 2 aromatic rings. The highest BCUT2D eigenvalue weighted by Gasteiger charge is 2.11. The number of rotatable bonds is 3. The first kappa shape index (κ1) is 10.8. The molecule has 3 nitrogen and oxygen atoms in total. The fraction of sp³-hybridized carbons (Fsp3) is 0.100. The summed E-state index contributed by atoms with van der Waals surface area (Å²) in [7, 11) is 0. The smallest absolute Gasteiger partial charge is 0.188 e. The molecular formula is C10H6F2N2OS. The van der Waals surface area contributed by atoms with Gasteiger partial charge >= 0.3 is 0 Å². The van der Waals surface area contributed by atoms with Crippen molar-refractivity contribution in [1.29, 1.82) is 0 Å². The van der Waals surface area contributed by atoms with E-state index in [1.165, 1.54) is 5.38 Å². The summed E-state index contributed by atoms with van der Waals surface area (Å²) in [6.07, 6.45) is -0.0832. The summed E-state index contributed by atoms with van der Waals surface area (Å²) in [6, 6.07) is 3.01. The molecule has 0 aliphatic heterocycles. The van der Waals surface area contributed by atoms with Crippen LogP contribution < -0.4 is 0 Å². The Bertz CT molecular complexity index is 493. The zero-order valence-corrected chi connectivity index (χ0v) is 8.80. The van der Waals surface area contributed by atoms with E-state index in [1.807, 2.05) is 0 Å². The van der Waals surface area contributed by atoms with Gasteiger partial charge in [-0.3, -0.25) is 4.79 Å². The van der Waals surface area contributed by atoms with Crippen LogP contribution in [0.25, 0.3) is 0 Å². The van der Waals surface area contributed by atoms with E-state index in [4.69, 9.17) is 0 Å². The van der Waals surface area contributed by atoms with Crippen molar-refractivity contribution in [3.63, 3.8) is 0 Å². The first-order valence-corrected chi connectivity index (χ1v) is 5.24.